The molecule has 0 aliphatic rings. The Kier molecular flexibility index (Phi) is 3.90. The molecule has 5 aromatic rings. The third-order valence-electron chi connectivity index (χ3n) is 5.35. The van der Waals surface area contributed by atoms with Crippen LogP contribution in [0, 0.1) is 10.1 Å². The van der Waals surface area contributed by atoms with E-state index < -0.39 is 16.2 Å². The predicted octanol–water partition coefficient (Wildman–Crippen LogP) is 2.25. The van der Waals surface area contributed by atoms with Crippen molar-refractivity contribution in [2.75, 3.05) is 0 Å². The lowest BCUT2D eigenvalue weighted by molar-refractivity contribution is -0.384. The number of imidazole rings is 2. The number of aromatic nitrogens is 5. The zero-order valence-electron chi connectivity index (χ0n) is 16.6. The molecule has 0 aliphatic carbocycles. The highest BCUT2D eigenvalue weighted by molar-refractivity contribution is 5.79. The van der Waals surface area contributed by atoms with E-state index in [0.29, 0.717) is 11.5 Å². The molecule has 0 atom stereocenters. The molecule has 3 heterocycles. The van der Waals surface area contributed by atoms with Crippen LogP contribution in [0.25, 0.3) is 33.9 Å². The normalized spacial score (nSPS) is 11.4. The molecule has 0 amide bonds. The van der Waals surface area contributed by atoms with E-state index in [1.54, 1.807) is 29.8 Å². The zero-order chi connectivity index (χ0) is 21.9. The summed E-state index contributed by atoms with van der Waals surface area (Å²) in [6.45, 7) is 0. The predicted molar refractivity (Wildman–Crippen MR) is 115 cm³/mol. The van der Waals surface area contributed by atoms with E-state index in [4.69, 9.17) is 0 Å². The second-order valence-corrected chi connectivity index (χ2v) is 7.15. The minimum absolute atomic E-state index is 0.0133. The smallest absolute Gasteiger partial charge is 0.279 e. The fourth-order valence-corrected chi connectivity index (χ4v) is 3.76. The van der Waals surface area contributed by atoms with E-state index in [0.717, 1.165) is 15.8 Å². The molecule has 0 aliphatic heterocycles. The second-order valence-electron chi connectivity index (χ2n) is 7.15. The lowest BCUT2D eigenvalue weighted by Crippen LogP contribution is -2.37. The fourth-order valence-electron chi connectivity index (χ4n) is 3.76. The molecule has 0 bridgehead atoms. The van der Waals surface area contributed by atoms with E-state index in [9.17, 15) is 19.7 Å². The number of nitro benzene ring substituents is 1. The van der Waals surface area contributed by atoms with Crippen LogP contribution in [0.3, 0.4) is 0 Å². The standard InChI is InChI=1S/C21H16N6O4/c1-23-18-17(19(28)24(2)21(23)29)25-12-16(13-8-10-15(11-9-13)27(30)31)26(20(25)22-18)14-6-4-3-5-7-14/h3-12H,1-2H3. The molecular weight excluding hydrogens is 400 g/mol. The molecule has 31 heavy (non-hydrogen) atoms. The lowest BCUT2D eigenvalue weighted by atomic mass is 10.1. The van der Waals surface area contributed by atoms with Crippen LogP contribution >= 0.6 is 0 Å². The number of fused-ring (bicyclic) bond motifs is 3. The van der Waals surface area contributed by atoms with Gasteiger partial charge in [0.25, 0.3) is 11.2 Å². The molecule has 10 heteroatoms. The monoisotopic (exact) mass is 416 g/mol. The summed E-state index contributed by atoms with van der Waals surface area (Å²) in [5.74, 6) is 0.452. The van der Waals surface area contributed by atoms with Crippen LogP contribution in [0.5, 0.6) is 0 Å². The van der Waals surface area contributed by atoms with Gasteiger partial charge >= 0.3 is 5.69 Å². The molecule has 0 spiro atoms. The van der Waals surface area contributed by atoms with E-state index in [-0.39, 0.29) is 16.9 Å². The van der Waals surface area contributed by atoms with Crippen LogP contribution in [-0.2, 0) is 14.1 Å². The first-order chi connectivity index (χ1) is 14.9. The quantitative estimate of drug-likeness (QED) is 0.331. The maximum Gasteiger partial charge on any atom is 0.332 e. The highest BCUT2D eigenvalue weighted by atomic mass is 16.6. The number of hydrogen-bond donors (Lipinski definition) is 0. The maximum absolute atomic E-state index is 12.9. The van der Waals surface area contributed by atoms with Crippen molar-refractivity contribution >= 4 is 22.6 Å². The van der Waals surface area contributed by atoms with Crippen molar-refractivity contribution in [2.45, 2.75) is 0 Å². The van der Waals surface area contributed by atoms with Crippen molar-refractivity contribution in [1.29, 1.82) is 0 Å². The van der Waals surface area contributed by atoms with Crippen molar-refractivity contribution in [3.63, 3.8) is 0 Å². The fraction of sp³-hybridized carbons (Fsp3) is 0.0952. The van der Waals surface area contributed by atoms with Gasteiger partial charge in [-0.3, -0.25) is 33.0 Å². The lowest BCUT2D eigenvalue weighted by Gasteiger charge is -2.09. The summed E-state index contributed by atoms with van der Waals surface area (Å²) in [7, 11) is 3.00. The Morgan fingerprint density at radius 3 is 2.26 bits per heavy atom. The van der Waals surface area contributed by atoms with Gasteiger partial charge in [0.2, 0.25) is 5.78 Å². The van der Waals surface area contributed by atoms with Gasteiger partial charge in [0, 0.05) is 43.7 Å². The molecule has 2 aromatic carbocycles. The molecule has 154 valence electrons. The van der Waals surface area contributed by atoms with Crippen molar-refractivity contribution in [3.8, 4) is 16.9 Å². The minimum atomic E-state index is -0.458. The molecule has 3 aromatic heterocycles. The van der Waals surface area contributed by atoms with Crippen LogP contribution in [0.4, 0.5) is 5.69 Å². The summed E-state index contributed by atoms with van der Waals surface area (Å²) in [4.78, 5) is 40.4. The Bertz CT molecular complexity index is 1600. The van der Waals surface area contributed by atoms with Crippen molar-refractivity contribution in [1.82, 2.24) is 23.1 Å². The molecule has 5 rings (SSSR count). The molecule has 0 saturated heterocycles. The maximum atomic E-state index is 12.9. The third kappa shape index (κ3) is 2.61. The Morgan fingerprint density at radius 1 is 0.935 bits per heavy atom. The van der Waals surface area contributed by atoms with Gasteiger partial charge in [-0.05, 0) is 24.3 Å². The third-order valence-corrected chi connectivity index (χ3v) is 5.35. The number of non-ortho nitro benzene ring substituents is 1. The van der Waals surface area contributed by atoms with Gasteiger partial charge in [-0.2, -0.15) is 4.98 Å². The van der Waals surface area contributed by atoms with Gasteiger partial charge in [0.05, 0.1) is 10.6 Å². The van der Waals surface area contributed by atoms with Crippen LogP contribution in [0.15, 0.2) is 70.4 Å². The molecule has 0 N–H and O–H groups in total. The number of benzene rings is 2. The Labute approximate surface area is 174 Å². The highest BCUT2D eigenvalue weighted by Gasteiger charge is 2.22. The average Bonchev–Trinajstić information content (AvgIpc) is 3.33. The number of hydrogen-bond acceptors (Lipinski definition) is 5. The summed E-state index contributed by atoms with van der Waals surface area (Å²) in [6.07, 6.45) is 1.75. The van der Waals surface area contributed by atoms with Gasteiger partial charge in [0.15, 0.2) is 11.2 Å². The zero-order valence-corrected chi connectivity index (χ0v) is 16.6. The SMILES string of the molecule is Cn1c(=O)c2c(nc3n(-c4ccccc4)c(-c4ccc([N+](=O)[O-])cc4)cn23)n(C)c1=O. The van der Waals surface area contributed by atoms with E-state index in [1.807, 2.05) is 34.9 Å². The largest absolute Gasteiger partial charge is 0.332 e. The first-order valence-electron chi connectivity index (χ1n) is 9.38. The van der Waals surface area contributed by atoms with Gasteiger partial charge in [-0.25, -0.2) is 4.79 Å². The summed E-state index contributed by atoms with van der Waals surface area (Å²) >= 11 is 0. The number of nitro groups is 1. The van der Waals surface area contributed by atoms with E-state index in [1.165, 1.54) is 23.7 Å². The van der Waals surface area contributed by atoms with Gasteiger partial charge in [-0.1, -0.05) is 18.2 Å². The van der Waals surface area contributed by atoms with E-state index >= 15 is 0 Å². The minimum Gasteiger partial charge on any atom is -0.279 e. The molecule has 0 unspecified atom stereocenters. The van der Waals surface area contributed by atoms with Crippen molar-refractivity contribution in [3.05, 3.63) is 91.7 Å². The van der Waals surface area contributed by atoms with Gasteiger partial charge in [0.1, 0.15) is 0 Å². The average molecular weight is 416 g/mol. The highest BCUT2D eigenvalue weighted by Crippen LogP contribution is 2.29. The van der Waals surface area contributed by atoms with Crippen LogP contribution in [0.2, 0.25) is 0 Å². The summed E-state index contributed by atoms with van der Waals surface area (Å²) < 4.78 is 5.89. The second kappa shape index (κ2) is 6.52. The molecule has 0 radical (unpaired) electrons. The molecule has 0 fully saturated rings. The van der Waals surface area contributed by atoms with E-state index in [2.05, 4.69) is 4.98 Å². The molecule has 0 saturated carbocycles. The first kappa shape index (κ1) is 18.6. The number of rotatable bonds is 3. The van der Waals surface area contributed by atoms with Crippen LogP contribution < -0.4 is 11.2 Å². The van der Waals surface area contributed by atoms with Gasteiger partial charge < -0.3 is 0 Å². The summed E-state index contributed by atoms with van der Waals surface area (Å²) in [5.41, 5.74) is 1.84. The van der Waals surface area contributed by atoms with Crippen molar-refractivity contribution < 1.29 is 4.92 Å². The van der Waals surface area contributed by atoms with Crippen LogP contribution in [-0.4, -0.2) is 28.0 Å². The number of nitrogens with zero attached hydrogens (tertiary/aromatic N) is 6. The number of aryl methyl sites for hydroxylation is 1. The Hall–Kier alpha value is -4.47. The molecular formula is C21H16N6O4. The Morgan fingerprint density at radius 2 is 1.61 bits per heavy atom. The van der Waals surface area contributed by atoms with Gasteiger partial charge in [-0.15, -0.1) is 0 Å². The Balaban J connectivity index is 1.91. The van der Waals surface area contributed by atoms with Crippen molar-refractivity contribution in [2.24, 2.45) is 14.1 Å². The first-order valence-corrected chi connectivity index (χ1v) is 9.38. The summed E-state index contributed by atoms with van der Waals surface area (Å²) in [6, 6.07) is 15.6. The number of para-hydroxylation sites is 1. The molecule has 10 nitrogen and oxygen atoms in total. The topological polar surface area (TPSA) is 109 Å². The van der Waals surface area contributed by atoms with Crippen LogP contribution in [0.1, 0.15) is 0 Å². The summed E-state index contributed by atoms with van der Waals surface area (Å²) in [5, 5.41) is 11.0.